The van der Waals surface area contributed by atoms with Crippen LogP contribution in [0.3, 0.4) is 0 Å². The standard InChI is InChI=1S/C27H32N2O3S/c1-6-23-11-13-24(14-12-23)22(5)28-27(30)18-29(26-17-20(3)7-10-21(26)4)33(31,32)25-15-8-19(2)9-16-25/h7-17,22H,6,18H2,1-5H3,(H,28,30)/t22-/m0/s1. The van der Waals surface area contributed by atoms with E-state index in [-0.39, 0.29) is 23.4 Å². The number of benzene rings is 3. The maximum Gasteiger partial charge on any atom is 0.264 e. The van der Waals surface area contributed by atoms with Crippen LogP contribution in [0.2, 0.25) is 0 Å². The molecule has 0 fully saturated rings. The van der Waals surface area contributed by atoms with Crippen LogP contribution in [0, 0.1) is 20.8 Å². The lowest BCUT2D eigenvalue weighted by Gasteiger charge is -2.27. The minimum absolute atomic E-state index is 0.157. The number of anilines is 1. The summed E-state index contributed by atoms with van der Waals surface area (Å²) in [6.45, 7) is 9.34. The van der Waals surface area contributed by atoms with E-state index < -0.39 is 10.0 Å². The van der Waals surface area contributed by atoms with Gasteiger partial charge < -0.3 is 5.32 Å². The SMILES string of the molecule is CCc1ccc([C@H](C)NC(=O)CN(c2cc(C)ccc2C)S(=O)(=O)c2ccc(C)cc2)cc1. The molecule has 0 heterocycles. The molecule has 0 saturated heterocycles. The van der Waals surface area contributed by atoms with Gasteiger partial charge in [0.05, 0.1) is 16.6 Å². The smallest absolute Gasteiger partial charge is 0.264 e. The molecule has 0 aliphatic heterocycles. The number of carbonyl (C=O) groups is 1. The lowest BCUT2D eigenvalue weighted by Crippen LogP contribution is -2.42. The molecule has 3 aromatic carbocycles. The normalized spacial score (nSPS) is 12.3. The highest BCUT2D eigenvalue weighted by Gasteiger charge is 2.28. The van der Waals surface area contributed by atoms with Gasteiger partial charge in [0.1, 0.15) is 6.54 Å². The van der Waals surface area contributed by atoms with Crippen LogP contribution >= 0.6 is 0 Å². The quantitative estimate of drug-likeness (QED) is 0.495. The van der Waals surface area contributed by atoms with Crippen molar-refractivity contribution in [1.29, 1.82) is 0 Å². The van der Waals surface area contributed by atoms with E-state index in [0.29, 0.717) is 5.69 Å². The van der Waals surface area contributed by atoms with Gasteiger partial charge in [0.15, 0.2) is 0 Å². The topological polar surface area (TPSA) is 66.5 Å². The lowest BCUT2D eigenvalue weighted by atomic mass is 10.1. The van der Waals surface area contributed by atoms with Crippen LogP contribution in [-0.4, -0.2) is 20.9 Å². The van der Waals surface area contributed by atoms with Gasteiger partial charge in [-0.3, -0.25) is 9.10 Å². The molecule has 0 aromatic heterocycles. The van der Waals surface area contributed by atoms with Crippen LogP contribution < -0.4 is 9.62 Å². The predicted molar refractivity (Wildman–Crippen MR) is 134 cm³/mol. The van der Waals surface area contributed by atoms with Gasteiger partial charge in [0, 0.05) is 0 Å². The number of hydrogen-bond acceptors (Lipinski definition) is 3. The summed E-state index contributed by atoms with van der Waals surface area (Å²) in [5.74, 6) is -0.362. The fourth-order valence-electron chi connectivity index (χ4n) is 3.67. The number of nitrogens with zero attached hydrogens (tertiary/aromatic N) is 1. The minimum atomic E-state index is -3.94. The van der Waals surface area contributed by atoms with Crippen molar-refractivity contribution in [3.63, 3.8) is 0 Å². The molecule has 6 heteroatoms. The highest BCUT2D eigenvalue weighted by molar-refractivity contribution is 7.92. The Morgan fingerprint density at radius 2 is 1.52 bits per heavy atom. The average Bonchev–Trinajstić information content (AvgIpc) is 2.79. The Morgan fingerprint density at radius 3 is 2.12 bits per heavy atom. The van der Waals surface area contributed by atoms with Gasteiger partial charge in [-0.15, -0.1) is 0 Å². The Kier molecular flexibility index (Phi) is 7.59. The van der Waals surface area contributed by atoms with E-state index in [9.17, 15) is 13.2 Å². The molecule has 0 bridgehead atoms. The third-order valence-corrected chi connectivity index (χ3v) is 7.57. The third kappa shape index (κ3) is 5.82. The number of amides is 1. The summed E-state index contributed by atoms with van der Waals surface area (Å²) < 4.78 is 28.4. The fraction of sp³-hybridized carbons (Fsp3) is 0.296. The molecule has 33 heavy (non-hydrogen) atoms. The lowest BCUT2D eigenvalue weighted by molar-refractivity contribution is -0.120. The van der Waals surface area contributed by atoms with Gasteiger partial charge in [-0.1, -0.05) is 61.0 Å². The molecular weight excluding hydrogens is 432 g/mol. The summed E-state index contributed by atoms with van der Waals surface area (Å²) in [6.07, 6.45) is 0.947. The molecule has 3 rings (SSSR count). The molecule has 0 radical (unpaired) electrons. The molecule has 174 valence electrons. The molecule has 0 aliphatic carbocycles. The maximum absolute atomic E-state index is 13.6. The van der Waals surface area contributed by atoms with Crippen molar-refractivity contribution in [1.82, 2.24) is 5.32 Å². The van der Waals surface area contributed by atoms with Gasteiger partial charge in [-0.05, 0) is 74.6 Å². The van der Waals surface area contributed by atoms with Crippen molar-refractivity contribution >= 4 is 21.6 Å². The first-order valence-electron chi connectivity index (χ1n) is 11.2. The molecule has 0 aliphatic rings. The number of rotatable bonds is 8. The number of carbonyl (C=O) groups excluding carboxylic acids is 1. The van der Waals surface area contributed by atoms with E-state index in [0.717, 1.165) is 28.7 Å². The van der Waals surface area contributed by atoms with Crippen LogP contribution in [0.1, 0.15) is 47.7 Å². The van der Waals surface area contributed by atoms with Crippen LogP contribution in [0.15, 0.2) is 71.6 Å². The van der Waals surface area contributed by atoms with Gasteiger partial charge >= 0.3 is 0 Å². The molecule has 0 spiro atoms. The molecule has 0 saturated carbocycles. The van der Waals surface area contributed by atoms with Crippen LogP contribution in [-0.2, 0) is 21.2 Å². The minimum Gasteiger partial charge on any atom is -0.348 e. The van der Waals surface area contributed by atoms with Crippen LogP contribution in [0.5, 0.6) is 0 Å². The average molecular weight is 465 g/mol. The second kappa shape index (κ2) is 10.2. The monoisotopic (exact) mass is 464 g/mol. The summed E-state index contributed by atoms with van der Waals surface area (Å²) in [6, 6.07) is 20.1. The second-order valence-corrected chi connectivity index (χ2v) is 10.4. The molecule has 5 nitrogen and oxygen atoms in total. The Bertz CT molecular complexity index is 1220. The molecule has 1 atom stereocenters. The predicted octanol–water partition coefficient (Wildman–Crippen LogP) is 5.25. The summed E-state index contributed by atoms with van der Waals surface area (Å²) >= 11 is 0. The van der Waals surface area contributed by atoms with Crippen molar-refractivity contribution in [3.05, 3.63) is 94.5 Å². The number of nitrogens with one attached hydrogen (secondary N) is 1. The first-order chi connectivity index (χ1) is 15.6. The highest BCUT2D eigenvalue weighted by Crippen LogP contribution is 2.28. The Balaban J connectivity index is 1.91. The van der Waals surface area contributed by atoms with Crippen molar-refractivity contribution in [2.75, 3.05) is 10.8 Å². The third-order valence-electron chi connectivity index (χ3n) is 5.79. The first kappa shape index (κ1) is 24.5. The zero-order chi connectivity index (χ0) is 24.2. The van der Waals surface area contributed by atoms with E-state index in [4.69, 9.17) is 0 Å². The zero-order valence-corrected chi connectivity index (χ0v) is 20.7. The van der Waals surface area contributed by atoms with Gasteiger partial charge in [-0.2, -0.15) is 0 Å². The number of hydrogen-bond donors (Lipinski definition) is 1. The summed E-state index contributed by atoms with van der Waals surface area (Å²) in [7, 11) is -3.94. The Labute approximate surface area is 197 Å². The number of sulfonamides is 1. The van der Waals surface area contributed by atoms with Gasteiger partial charge in [0.25, 0.3) is 10.0 Å². The molecule has 3 aromatic rings. The van der Waals surface area contributed by atoms with Gasteiger partial charge in [-0.25, -0.2) is 8.42 Å². The summed E-state index contributed by atoms with van der Waals surface area (Å²) in [4.78, 5) is 13.2. The Hall–Kier alpha value is -3.12. The summed E-state index contributed by atoms with van der Waals surface area (Å²) in [5.41, 5.74) is 5.37. The Morgan fingerprint density at radius 1 is 0.909 bits per heavy atom. The van der Waals surface area contributed by atoms with E-state index in [1.165, 1.54) is 9.87 Å². The largest absolute Gasteiger partial charge is 0.348 e. The van der Waals surface area contributed by atoms with Crippen molar-refractivity contribution < 1.29 is 13.2 Å². The fourth-order valence-corrected chi connectivity index (χ4v) is 5.15. The molecule has 1 amide bonds. The molecule has 1 N–H and O–H groups in total. The zero-order valence-electron chi connectivity index (χ0n) is 19.9. The van der Waals surface area contributed by atoms with E-state index in [2.05, 4.69) is 12.2 Å². The van der Waals surface area contributed by atoms with E-state index >= 15 is 0 Å². The number of aryl methyl sites for hydroxylation is 4. The van der Waals surface area contributed by atoms with E-state index in [1.54, 1.807) is 30.3 Å². The summed E-state index contributed by atoms with van der Waals surface area (Å²) in [5, 5.41) is 2.96. The molecule has 0 unspecified atom stereocenters. The second-order valence-electron chi connectivity index (χ2n) is 8.50. The molecular formula is C27H32N2O3S. The van der Waals surface area contributed by atoms with Crippen LogP contribution in [0.4, 0.5) is 5.69 Å². The van der Waals surface area contributed by atoms with Gasteiger partial charge in [0.2, 0.25) is 5.91 Å². The van der Waals surface area contributed by atoms with Crippen molar-refractivity contribution in [2.45, 2.75) is 52.0 Å². The van der Waals surface area contributed by atoms with Crippen molar-refractivity contribution in [2.24, 2.45) is 0 Å². The van der Waals surface area contributed by atoms with E-state index in [1.807, 2.05) is 64.1 Å². The van der Waals surface area contributed by atoms with Crippen LogP contribution in [0.25, 0.3) is 0 Å². The highest BCUT2D eigenvalue weighted by atomic mass is 32.2. The maximum atomic E-state index is 13.6. The first-order valence-corrected chi connectivity index (χ1v) is 12.6. The van der Waals surface area contributed by atoms with Crippen molar-refractivity contribution in [3.8, 4) is 0 Å².